The number of benzene rings is 1. The standard InChI is InChI=1S/C15H17ClN2O5/c1-10(14(20)22-2)18-23-15(21)17-9-12(7-8-19)11-3-5-13(16)6-4-11/h3-6,8,12H,7,9H2,1-2H3,(H,17,21)/t12-/m1/s1. The van der Waals surface area contributed by atoms with Gasteiger partial charge in [-0.3, -0.25) is 4.84 Å². The van der Waals surface area contributed by atoms with Crippen LogP contribution in [0.5, 0.6) is 0 Å². The number of carbonyl (C=O) groups excluding carboxylic acids is 3. The van der Waals surface area contributed by atoms with Crippen LogP contribution in [0.15, 0.2) is 29.4 Å². The number of esters is 1. The molecule has 124 valence electrons. The van der Waals surface area contributed by atoms with Gasteiger partial charge in [0.25, 0.3) is 0 Å². The number of nitrogens with one attached hydrogen (secondary N) is 1. The van der Waals surface area contributed by atoms with E-state index >= 15 is 0 Å². The van der Waals surface area contributed by atoms with Gasteiger partial charge in [0.05, 0.1) is 7.11 Å². The molecule has 23 heavy (non-hydrogen) atoms. The highest BCUT2D eigenvalue weighted by molar-refractivity contribution is 6.35. The highest BCUT2D eigenvalue weighted by Crippen LogP contribution is 2.20. The second-order valence-electron chi connectivity index (χ2n) is 4.58. The number of hydrogen-bond donors (Lipinski definition) is 1. The van der Waals surface area contributed by atoms with Gasteiger partial charge in [0.15, 0.2) is 5.71 Å². The first-order chi connectivity index (χ1) is 11.0. The Morgan fingerprint density at radius 3 is 2.57 bits per heavy atom. The summed E-state index contributed by atoms with van der Waals surface area (Å²) in [5, 5.41) is 6.41. The summed E-state index contributed by atoms with van der Waals surface area (Å²) in [6.07, 6.45) is 0.163. The Morgan fingerprint density at radius 1 is 1.35 bits per heavy atom. The molecule has 0 radical (unpaired) electrons. The molecular weight excluding hydrogens is 324 g/mol. The first kappa shape index (κ1) is 18.6. The van der Waals surface area contributed by atoms with E-state index in [1.54, 1.807) is 24.3 Å². The zero-order chi connectivity index (χ0) is 17.2. The van der Waals surface area contributed by atoms with Crippen LogP contribution in [0.4, 0.5) is 4.79 Å². The van der Waals surface area contributed by atoms with E-state index in [1.165, 1.54) is 14.0 Å². The topological polar surface area (TPSA) is 94.1 Å². The Morgan fingerprint density at radius 2 is 2.00 bits per heavy atom. The van der Waals surface area contributed by atoms with Gasteiger partial charge in [0.1, 0.15) is 6.29 Å². The minimum Gasteiger partial charge on any atom is -0.464 e. The van der Waals surface area contributed by atoms with Crippen LogP contribution in [0.25, 0.3) is 0 Å². The van der Waals surface area contributed by atoms with E-state index in [9.17, 15) is 14.4 Å². The lowest BCUT2D eigenvalue weighted by atomic mass is 9.96. The molecule has 1 aromatic carbocycles. The molecule has 7 nitrogen and oxygen atoms in total. The molecule has 0 aliphatic carbocycles. The summed E-state index contributed by atoms with van der Waals surface area (Å²) in [7, 11) is 1.19. The number of amides is 1. The molecule has 1 atom stereocenters. The van der Waals surface area contributed by atoms with Crippen molar-refractivity contribution < 1.29 is 24.0 Å². The van der Waals surface area contributed by atoms with Crippen molar-refractivity contribution in [3.8, 4) is 0 Å². The number of rotatable bonds is 7. The predicted octanol–water partition coefficient (Wildman–Crippen LogP) is 2.29. The Labute approximate surface area is 138 Å². The van der Waals surface area contributed by atoms with Gasteiger partial charge >= 0.3 is 12.1 Å². The summed E-state index contributed by atoms with van der Waals surface area (Å²) in [4.78, 5) is 37.9. The fourth-order valence-corrected chi connectivity index (χ4v) is 1.85. The fraction of sp³-hybridized carbons (Fsp3) is 0.333. The molecule has 1 amide bonds. The number of carbonyl (C=O) groups is 3. The summed E-state index contributed by atoms with van der Waals surface area (Å²) >= 11 is 5.82. The van der Waals surface area contributed by atoms with E-state index in [0.717, 1.165) is 11.8 Å². The Hall–Kier alpha value is -2.41. The third-order valence-corrected chi connectivity index (χ3v) is 3.21. The van der Waals surface area contributed by atoms with E-state index in [1.807, 2.05) is 0 Å². The number of methoxy groups -OCH3 is 1. The molecule has 1 rings (SSSR count). The van der Waals surface area contributed by atoms with Crippen molar-refractivity contribution in [3.05, 3.63) is 34.9 Å². The molecule has 0 saturated heterocycles. The third-order valence-electron chi connectivity index (χ3n) is 2.96. The van der Waals surface area contributed by atoms with Gasteiger partial charge in [0.2, 0.25) is 0 Å². The number of ether oxygens (including phenoxy) is 1. The fourth-order valence-electron chi connectivity index (χ4n) is 1.72. The lowest BCUT2D eigenvalue weighted by molar-refractivity contribution is -0.132. The number of nitrogens with zero attached hydrogens (tertiary/aromatic N) is 1. The van der Waals surface area contributed by atoms with E-state index < -0.39 is 12.1 Å². The first-order valence-electron chi connectivity index (χ1n) is 6.74. The van der Waals surface area contributed by atoms with Crippen LogP contribution in [0.3, 0.4) is 0 Å². The lowest BCUT2D eigenvalue weighted by Gasteiger charge is -2.15. The molecule has 1 aromatic rings. The molecule has 0 bridgehead atoms. The van der Waals surface area contributed by atoms with Crippen molar-refractivity contribution in [2.24, 2.45) is 5.16 Å². The maximum absolute atomic E-state index is 11.6. The zero-order valence-electron chi connectivity index (χ0n) is 12.7. The van der Waals surface area contributed by atoms with Gasteiger partial charge in [-0.05, 0) is 24.6 Å². The summed E-state index contributed by atoms with van der Waals surface area (Å²) in [6.45, 7) is 1.52. The molecule has 0 spiro atoms. The van der Waals surface area contributed by atoms with E-state index in [2.05, 4.69) is 20.0 Å². The average molecular weight is 341 g/mol. The maximum Gasteiger partial charge on any atom is 0.433 e. The van der Waals surface area contributed by atoms with E-state index in [0.29, 0.717) is 5.02 Å². The van der Waals surface area contributed by atoms with Crippen molar-refractivity contribution in [2.45, 2.75) is 19.3 Å². The van der Waals surface area contributed by atoms with Gasteiger partial charge in [0, 0.05) is 23.9 Å². The summed E-state index contributed by atoms with van der Waals surface area (Å²) in [5.74, 6) is -0.916. The summed E-state index contributed by atoms with van der Waals surface area (Å²) in [5.41, 5.74) is 0.765. The minimum atomic E-state index is -0.835. The number of hydrogen-bond acceptors (Lipinski definition) is 6. The van der Waals surface area contributed by atoms with Crippen molar-refractivity contribution in [3.63, 3.8) is 0 Å². The molecule has 0 heterocycles. The molecule has 0 saturated carbocycles. The number of aldehydes is 1. The molecule has 0 unspecified atom stereocenters. The monoisotopic (exact) mass is 340 g/mol. The summed E-state index contributed by atoms with van der Waals surface area (Å²) < 4.78 is 4.41. The third kappa shape index (κ3) is 6.48. The second kappa shape index (κ2) is 9.58. The zero-order valence-corrected chi connectivity index (χ0v) is 13.5. The second-order valence-corrected chi connectivity index (χ2v) is 5.02. The molecule has 0 aliphatic rings. The van der Waals surface area contributed by atoms with Gasteiger partial charge in [-0.15, -0.1) is 0 Å². The van der Waals surface area contributed by atoms with Crippen molar-refractivity contribution in [1.82, 2.24) is 5.32 Å². The van der Waals surface area contributed by atoms with Crippen LogP contribution >= 0.6 is 11.6 Å². The SMILES string of the molecule is COC(=O)C(C)=NOC(=O)NC[C@@H](CC=O)c1ccc(Cl)cc1. The highest BCUT2D eigenvalue weighted by Gasteiger charge is 2.14. The quantitative estimate of drug-likeness (QED) is 0.270. The maximum atomic E-state index is 11.6. The normalized spacial score (nSPS) is 12.2. The van der Waals surface area contributed by atoms with Crippen LogP contribution in [-0.2, 0) is 19.2 Å². The lowest BCUT2D eigenvalue weighted by Crippen LogP contribution is -2.28. The molecule has 8 heteroatoms. The summed E-state index contributed by atoms with van der Waals surface area (Å²) in [6, 6.07) is 6.97. The predicted molar refractivity (Wildman–Crippen MR) is 84.5 cm³/mol. The molecular formula is C15H17ClN2O5. The van der Waals surface area contributed by atoms with Crippen molar-refractivity contribution >= 4 is 35.7 Å². The molecule has 1 N–H and O–H groups in total. The Kier molecular flexibility index (Phi) is 7.76. The number of oxime groups is 1. The molecule has 0 fully saturated rings. The van der Waals surface area contributed by atoms with E-state index in [4.69, 9.17) is 11.6 Å². The van der Waals surface area contributed by atoms with E-state index in [-0.39, 0.29) is 24.6 Å². The minimum absolute atomic E-state index is 0.0928. The van der Waals surface area contributed by atoms with Crippen molar-refractivity contribution in [2.75, 3.05) is 13.7 Å². The highest BCUT2D eigenvalue weighted by atomic mass is 35.5. The van der Waals surface area contributed by atoms with Crippen molar-refractivity contribution in [1.29, 1.82) is 0 Å². The van der Waals surface area contributed by atoms with Gasteiger partial charge < -0.3 is 14.8 Å². The Balaban J connectivity index is 2.58. The van der Waals surface area contributed by atoms with Crippen LogP contribution < -0.4 is 5.32 Å². The molecule has 0 aromatic heterocycles. The van der Waals surface area contributed by atoms with Crippen LogP contribution in [0.1, 0.15) is 24.8 Å². The molecule has 0 aliphatic heterocycles. The van der Waals surface area contributed by atoms with Crippen LogP contribution in [-0.4, -0.2) is 37.7 Å². The van der Waals surface area contributed by atoms with Crippen LogP contribution in [0.2, 0.25) is 5.02 Å². The average Bonchev–Trinajstić information content (AvgIpc) is 2.56. The largest absolute Gasteiger partial charge is 0.464 e. The van der Waals surface area contributed by atoms with Gasteiger partial charge in [-0.2, -0.15) is 0 Å². The smallest absolute Gasteiger partial charge is 0.433 e. The number of halogens is 1. The Bertz CT molecular complexity index is 586. The van der Waals surface area contributed by atoms with Gasteiger partial charge in [-0.1, -0.05) is 28.9 Å². The van der Waals surface area contributed by atoms with Gasteiger partial charge in [-0.25, -0.2) is 9.59 Å². The first-order valence-corrected chi connectivity index (χ1v) is 7.12. The van der Waals surface area contributed by atoms with Crippen LogP contribution in [0, 0.1) is 0 Å².